The SMILES string of the molecule is COC(=O)c1ccccc1CC1(C=O)c2ccccc2C=CN1C(=O)c1ccccc1. The molecule has 1 unspecified atom stereocenters. The predicted octanol–water partition coefficient (Wildman–Crippen LogP) is 4.24. The van der Waals surface area contributed by atoms with E-state index in [4.69, 9.17) is 4.74 Å². The van der Waals surface area contributed by atoms with Crippen LogP contribution >= 0.6 is 0 Å². The molecule has 0 N–H and O–H groups in total. The van der Waals surface area contributed by atoms with Crippen LogP contribution in [0.1, 0.15) is 37.4 Å². The van der Waals surface area contributed by atoms with E-state index in [2.05, 4.69) is 0 Å². The van der Waals surface area contributed by atoms with Crippen LogP contribution in [0, 0.1) is 0 Å². The largest absolute Gasteiger partial charge is 0.465 e. The van der Waals surface area contributed by atoms with Crippen molar-refractivity contribution in [3.63, 3.8) is 0 Å². The Balaban J connectivity index is 1.89. The zero-order valence-electron chi connectivity index (χ0n) is 17.0. The van der Waals surface area contributed by atoms with Gasteiger partial charge in [-0.05, 0) is 41.0 Å². The maximum atomic E-state index is 13.5. The Hall–Kier alpha value is -3.99. The van der Waals surface area contributed by atoms with Gasteiger partial charge in [-0.25, -0.2) is 4.79 Å². The number of carbonyl (C=O) groups is 3. The monoisotopic (exact) mass is 411 g/mol. The molecule has 154 valence electrons. The van der Waals surface area contributed by atoms with Gasteiger partial charge >= 0.3 is 5.97 Å². The molecule has 0 saturated carbocycles. The number of hydrogen-bond donors (Lipinski definition) is 0. The van der Waals surface area contributed by atoms with Gasteiger partial charge in [-0.1, -0.05) is 60.7 Å². The third-order valence-corrected chi connectivity index (χ3v) is 5.58. The fraction of sp³-hybridized carbons (Fsp3) is 0.115. The van der Waals surface area contributed by atoms with E-state index in [1.165, 1.54) is 12.0 Å². The summed E-state index contributed by atoms with van der Waals surface area (Å²) in [5.41, 5.74) is 1.70. The van der Waals surface area contributed by atoms with Crippen molar-refractivity contribution >= 4 is 24.2 Å². The van der Waals surface area contributed by atoms with Crippen LogP contribution in [-0.2, 0) is 21.5 Å². The van der Waals surface area contributed by atoms with Gasteiger partial charge in [0.05, 0.1) is 12.7 Å². The first kappa shape index (κ1) is 20.3. The van der Waals surface area contributed by atoms with Crippen LogP contribution in [-0.4, -0.2) is 30.2 Å². The van der Waals surface area contributed by atoms with Crippen LogP contribution in [0.15, 0.2) is 85.1 Å². The summed E-state index contributed by atoms with van der Waals surface area (Å²) in [6.45, 7) is 0. The summed E-state index contributed by atoms with van der Waals surface area (Å²) in [7, 11) is 1.32. The van der Waals surface area contributed by atoms with Crippen molar-refractivity contribution in [3.8, 4) is 0 Å². The average Bonchev–Trinajstić information content (AvgIpc) is 2.84. The molecule has 31 heavy (non-hydrogen) atoms. The average molecular weight is 411 g/mol. The van der Waals surface area contributed by atoms with Crippen LogP contribution in [0.2, 0.25) is 0 Å². The molecule has 1 aliphatic rings. The Labute approximate surface area is 180 Å². The quantitative estimate of drug-likeness (QED) is 0.465. The number of amides is 1. The number of hydrogen-bond acceptors (Lipinski definition) is 4. The highest BCUT2D eigenvalue weighted by atomic mass is 16.5. The number of esters is 1. The predicted molar refractivity (Wildman–Crippen MR) is 117 cm³/mol. The zero-order valence-corrected chi connectivity index (χ0v) is 17.0. The lowest BCUT2D eigenvalue weighted by atomic mass is 9.78. The molecule has 3 aromatic rings. The van der Waals surface area contributed by atoms with Crippen molar-refractivity contribution < 1.29 is 19.1 Å². The summed E-state index contributed by atoms with van der Waals surface area (Å²) in [5.74, 6) is -0.786. The Morgan fingerprint density at radius 3 is 2.35 bits per heavy atom. The second kappa shape index (κ2) is 8.40. The van der Waals surface area contributed by atoms with E-state index in [0.717, 1.165) is 11.8 Å². The molecular formula is C26H21NO4. The van der Waals surface area contributed by atoms with Crippen LogP contribution in [0.4, 0.5) is 0 Å². The first-order chi connectivity index (χ1) is 15.1. The molecule has 0 aliphatic carbocycles. The van der Waals surface area contributed by atoms with E-state index in [1.54, 1.807) is 54.7 Å². The number of aldehydes is 1. The standard InChI is InChI=1S/C26H21NO4/c1-31-25(30)22-13-7-5-12-21(22)17-26(18-28)23-14-8-6-9-19(23)15-16-27(26)24(29)20-10-3-2-4-11-20/h2-16,18H,17H2,1H3. The lowest BCUT2D eigenvalue weighted by Gasteiger charge is -2.42. The third-order valence-electron chi connectivity index (χ3n) is 5.58. The lowest BCUT2D eigenvalue weighted by molar-refractivity contribution is -0.116. The number of carbonyl (C=O) groups excluding carboxylic acids is 3. The van der Waals surface area contributed by atoms with Gasteiger partial charge in [0.2, 0.25) is 0 Å². The first-order valence-electron chi connectivity index (χ1n) is 9.89. The van der Waals surface area contributed by atoms with E-state index in [-0.39, 0.29) is 12.3 Å². The highest BCUT2D eigenvalue weighted by Crippen LogP contribution is 2.39. The van der Waals surface area contributed by atoms with E-state index >= 15 is 0 Å². The molecular weight excluding hydrogens is 390 g/mol. The molecule has 5 nitrogen and oxygen atoms in total. The normalized spacial score (nSPS) is 17.0. The summed E-state index contributed by atoms with van der Waals surface area (Å²) >= 11 is 0. The number of ether oxygens (including phenoxy) is 1. The maximum Gasteiger partial charge on any atom is 0.338 e. The fourth-order valence-corrected chi connectivity index (χ4v) is 4.04. The van der Waals surface area contributed by atoms with E-state index < -0.39 is 11.5 Å². The van der Waals surface area contributed by atoms with Gasteiger partial charge < -0.3 is 9.53 Å². The molecule has 0 fully saturated rings. The molecule has 1 atom stereocenters. The number of fused-ring (bicyclic) bond motifs is 1. The fourth-order valence-electron chi connectivity index (χ4n) is 4.04. The molecule has 0 spiro atoms. The van der Waals surface area contributed by atoms with Crippen LogP contribution < -0.4 is 0 Å². The summed E-state index contributed by atoms with van der Waals surface area (Å²) in [6.07, 6.45) is 4.39. The number of rotatable bonds is 5. The molecule has 0 bridgehead atoms. The number of benzene rings is 3. The summed E-state index contributed by atoms with van der Waals surface area (Å²) < 4.78 is 4.92. The first-order valence-corrected chi connectivity index (χ1v) is 9.89. The minimum atomic E-state index is -1.32. The van der Waals surface area contributed by atoms with Gasteiger partial charge in [0.1, 0.15) is 5.54 Å². The van der Waals surface area contributed by atoms with Crippen molar-refractivity contribution in [2.24, 2.45) is 0 Å². The lowest BCUT2D eigenvalue weighted by Crippen LogP contribution is -2.51. The molecule has 1 amide bonds. The van der Waals surface area contributed by atoms with Gasteiger partial charge in [-0.2, -0.15) is 0 Å². The van der Waals surface area contributed by atoms with Crippen molar-refractivity contribution in [2.75, 3.05) is 7.11 Å². The van der Waals surface area contributed by atoms with Gasteiger partial charge in [0, 0.05) is 18.2 Å². The highest BCUT2D eigenvalue weighted by Gasteiger charge is 2.44. The van der Waals surface area contributed by atoms with Gasteiger partial charge in [-0.15, -0.1) is 0 Å². The highest BCUT2D eigenvalue weighted by molar-refractivity contribution is 5.99. The second-order valence-electron chi connectivity index (χ2n) is 7.31. The molecule has 0 radical (unpaired) electrons. The topological polar surface area (TPSA) is 63.7 Å². The third kappa shape index (κ3) is 3.55. The molecule has 5 heteroatoms. The van der Waals surface area contributed by atoms with E-state index in [9.17, 15) is 14.4 Å². The minimum absolute atomic E-state index is 0.127. The molecule has 4 rings (SSSR count). The van der Waals surface area contributed by atoms with Gasteiger partial charge in [0.15, 0.2) is 6.29 Å². The number of methoxy groups -OCH3 is 1. The van der Waals surface area contributed by atoms with E-state index in [0.29, 0.717) is 22.3 Å². The van der Waals surface area contributed by atoms with Crippen LogP contribution in [0.25, 0.3) is 6.08 Å². The smallest absolute Gasteiger partial charge is 0.338 e. The summed E-state index contributed by atoms with van der Waals surface area (Å²) in [6, 6.07) is 23.3. The number of nitrogens with zero attached hydrogens (tertiary/aromatic N) is 1. The van der Waals surface area contributed by atoms with Crippen LogP contribution in [0.3, 0.4) is 0 Å². The summed E-state index contributed by atoms with van der Waals surface area (Å²) in [4.78, 5) is 40.1. The van der Waals surface area contributed by atoms with E-state index in [1.807, 2.05) is 36.4 Å². The molecule has 0 aromatic heterocycles. The van der Waals surface area contributed by atoms with Gasteiger partial charge in [-0.3, -0.25) is 9.69 Å². The Kier molecular flexibility index (Phi) is 5.50. The molecule has 1 aliphatic heterocycles. The van der Waals surface area contributed by atoms with Gasteiger partial charge in [0.25, 0.3) is 5.91 Å². The second-order valence-corrected chi connectivity index (χ2v) is 7.31. The Morgan fingerprint density at radius 2 is 1.61 bits per heavy atom. The molecule has 0 saturated heterocycles. The zero-order chi connectivity index (χ0) is 21.8. The van der Waals surface area contributed by atoms with Crippen molar-refractivity contribution in [1.29, 1.82) is 0 Å². The van der Waals surface area contributed by atoms with Crippen LogP contribution in [0.5, 0.6) is 0 Å². The molecule has 3 aromatic carbocycles. The van der Waals surface area contributed by atoms with Crippen molar-refractivity contribution in [2.45, 2.75) is 12.0 Å². The Bertz CT molecular complexity index is 1170. The summed E-state index contributed by atoms with van der Waals surface area (Å²) in [5, 5.41) is 0. The van der Waals surface area contributed by atoms with Crippen molar-refractivity contribution in [3.05, 3.63) is 113 Å². The maximum absolute atomic E-state index is 13.5. The molecule has 1 heterocycles. The Morgan fingerprint density at radius 1 is 0.935 bits per heavy atom. The minimum Gasteiger partial charge on any atom is -0.465 e. The van der Waals surface area contributed by atoms with Crippen molar-refractivity contribution in [1.82, 2.24) is 4.90 Å².